The monoisotopic (exact) mass is 182 g/mol. The predicted molar refractivity (Wildman–Crippen MR) is 44.9 cm³/mol. The second-order valence-corrected chi connectivity index (χ2v) is 3.56. The maximum Gasteiger partial charge on any atom is 0.0803 e. The lowest BCUT2D eigenvalue weighted by Crippen LogP contribution is -2.05. The molecule has 0 bridgehead atoms. The zero-order valence-electron chi connectivity index (χ0n) is 5.39. The summed E-state index contributed by atoms with van der Waals surface area (Å²) in [6.07, 6.45) is 7.05. The van der Waals surface area contributed by atoms with Crippen molar-refractivity contribution in [2.24, 2.45) is 0 Å². The molecule has 0 aromatic rings. The van der Waals surface area contributed by atoms with E-state index in [1.807, 2.05) is 19.1 Å². The van der Waals surface area contributed by atoms with Gasteiger partial charge in [-0.1, -0.05) is 41.1 Å². The van der Waals surface area contributed by atoms with Gasteiger partial charge in [0.2, 0.25) is 0 Å². The van der Waals surface area contributed by atoms with E-state index in [9.17, 15) is 0 Å². The van der Waals surface area contributed by atoms with E-state index in [0.717, 1.165) is 10.9 Å². The molecule has 0 amide bonds. The Kier molecular flexibility index (Phi) is 1.85. The van der Waals surface area contributed by atoms with E-state index in [0.29, 0.717) is 0 Å². The van der Waals surface area contributed by atoms with Crippen LogP contribution in [-0.4, -0.2) is 7.85 Å². The Balaban J connectivity index is 2.78. The SMILES string of the molecule is [B]C1(C)C=C(Br)C=CC1. The van der Waals surface area contributed by atoms with Gasteiger partial charge in [-0.15, -0.1) is 0 Å². The fraction of sp³-hybridized carbons (Fsp3) is 0.429. The summed E-state index contributed by atoms with van der Waals surface area (Å²) in [6.45, 7) is 2.01. The molecule has 2 radical (unpaired) electrons. The largest absolute Gasteiger partial charge is 0.0833 e. The molecule has 0 spiro atoms. The summed E-state index contributed by atoms with van der Waals surface area (Å²) in [4.78, 5) is 0. The van der Waals surface area contributed by atoms with Crippen LogP contribution in [0, 0.1) is 0 Å². The average Bonchev–Trinajstić information content (AvgIpc) is 1.60. The van der Waals surface area contributed by atoms with Gasteiger partial charge in [-0.2, -0.15) is 0 Å². The van der Waals surface area contributed by atoms with Gasteiger partial charge in [-0.05, 0) is 11.7 Å². The molecular weight excluding hydrogens is 175 g/mol. The third-order valence-corrected chi connectivity index (χ3v) is 1.80. The smallest absolute Gasteiger partial charge is 0.0803 e. The number of allylic oxidation sites excluding steroid dienone is 4. The molecular formula is C7H8BBr. The van der Waals surface area contributed by atoms with Gasteiger partial charge >= 0.3 is 0 Å². The minimum Gasteiger partial charge on any atom is -0.0833 e. The summed E-state index contributed by atoms with van der Waals surface area (Å²) in [5.41, 5.74) is 0. The lowest BCUT2D eigenvalue weighted by molar-refractivity contribution is 0.763. The minimum absolute atomic E-state index is 0.145. The number of rotatable bonds is 0. The van der Waals surface area contributed by atoms with Gasteiger partial charge in [0.05, 0.1) is 7.85 Å². The molecule has 0 saturated heterocycles. The first-order valence-electron chi connectivity index (χ1n) is 2.94. The molecule has 1 rings (SSSR count). The number of hydrogen-bond donors (Lipinski definition) is 0. The number of hydrogen-bond acceptors (Lipinski definition) is 0. The highest BCUT2D eigenvalue weighted by atomic mass is 79.9. The molecule has 1 aliphatic carbocycles. The zero-order chi connectivity index (χ0) is 6.91. The van der Waals surface area contributed by atoms with Gasteiger partial charge in [-0.3, -0.25) is 0 Å². The Morgan fingerprint density at radius 1 is 1.78 bits per heavy atom. The van der Waals surface area contributed by atoms with Crippen molar-refractivity contribution >= 4 is 23.8 Å². The first kappa shape index (κ1) is 7.14. The maximum absolute atomic E-state index is 5.81. The van der Waals surface area contributed by atoms with Crippen molar-refractivity contribution in [3.8, 4) is 0 Å². The highest BCUT2D eigenvalue weighted by Gasteiger charge is 2.14. The van der Waals surface area contributed by atoms with Gasteiger partial charge in [0.25, 0.3) is 0 Å². The van der Waals surface area contributed by atoms with Crippen LogP contribution in [-0.2, 0) is 0 Å². The molecule has 0 aliphatic heterocycles. The molecule has 0 fully saturated rings. The van der Waals surface area contributed by atoms with Gasteiger partial charge in [0.15, 0.2) is 0 Å². The Bertz CT molecular complexity index is 168. The average molecular weight is 183 g/mol. The molecule has 1 aliphatic rings. The van der Waals surface area contributed by atoms with Crippen LogP contribution in [0.15, 0.2) is 22.7 Å². The van der Waals surface area contributed by atoms with Crippen molar-refractivity contribution in [3.63, 3.8) is 0 Å². The molecule has 0 nitrogen and oxygen atoms in total. The van der Waals surface area contributed by atoms with Crippen LogP contribution in [0.3, 0.4) is 0 Å². The fourth-order valence-electron chi connectivity index (χ4n) is 0.847. The van der Waals surface area contributed by atoms with Crippen molar-refractivity contribution in [1.29, 1.82) is 0 Å². The highest BCUT2D eigenvalue weighted by molar-refractivity contribution is 9.11. The van der Waals surface area contributed by atoms with E-state index in [1.54, 1.807) is 0 Å². The fourth-order valence-corrected chi connectivity index (χ4v) is 1.56. The van der Waals surface area contributed by atoms with Crippen molar-refractivity contribution < 1.29 is 0 Å². The second-order valence-electron chi connectivity index (χ2n) is 2.64. The summed E-state index contributed by atoms with van der Waals surface area (Å²) in [6, 6.07) is 0. The maximum atomic E-state index is 5.81. The molecule has 0 N–H and O–H groups in total. The van der Waals surface area contributed by atoms with Crippen molar-refractivity contribution in [2.75, 3.05) is 0 Å². The summed E-state index contributed by atoms with van der Waals surface area (Å²) < 4.78 is 1.08. The molecule has 0 aromatic carbocycles. The minimum atomic E-state index is -0.145. The van der Waals surface area contributed by atoms with Crippen molar-refractivity contribution in [2.45, 2.75) is 18.7 Å². The van der Waals surface area contributed by atoms with Gasteiger partial charge in [0.1, 0.15) is 0 Å². The van der Waals surface area contributed by atoms with Crippen molar-refractivity contribution in [1.82, 2.24) is 0 Å². The Morgan fingerprint density at radius 3 is 2.78 bits per heavy atom. The molecule has 2 heteroatoms. The van der Waals surface area contributed by atoms with E-state index >= 15 is 0 Å². The van der Waals surface area contributed by atoms with Crippen LogP contribution in [0.2, 0.25) is 5.31 Å². The Labute approximate surface area is 65.6 Å². The van der Waals surface area contributed by atoms with Crippen LogP contribution in [0.5, 0.6) is 0 Å². The summed E-state index contributed by atoms with van der Waals surface area (Å²) >= 11 is 3.36. The van der Waals surface area contributed by atoms with E-state index in [2.05, 4.69) is 22.0 Å². The Hall–Kier alpha value is 0.0249. The van der Waals surface area contributed by atoms with Crippen LogP contribution in [0.1, 0.15) is 13.3 Å². The summed E-state index contributed by atoms with van der Waals surface area (Å²) in [5.74, 6) is 0. The standard InChI is InChI=1S/C7H8BBr/c1-7(8)4-2-3-6(9)5-7/h2-3,5H,4H2,1H3. The lowest BCUT2D eigenvalue weighted by Gasteiger charge is -2.21. The van der Waals surface area contributed by atoms with Gasteiger partial charge in [-0.25, -0.2) is 0 Å². The predicted octanol–water partition coefficient (Wildman–Crippen LogP) is 2.57. The van der Waals surface area contributed by atoms with E-state index in [1.165, 1.54) is 0 Å². The lowest BCUT2D eigenvalue weighted by atomic mass is 9.67. The zero-order valence-corrected chi connectivity index (χ0v) is 6.98. The molecule has 0 heterocycles. The normalized spacial score (nSPS) is 34.2. The molecule has 1 atom stereocenters. The molecule has 0 aromatic heterocycles. The van der Waals surface area contributed by atoms with Crippen LogP contribution < -0.4 is 0 Å². The third-order valence-electron chi connectivity index (χ3n) is 1.30. The topological polar surface area (TPSA) is 0 Å². The van der Waals surface area contributed by atoms with Gasteiger partial charge in [0, 0.05) is 4.48 Å². The van der Waals surface area contributed by atoms with Crippen molar-refractivity contribution in [3.05, 3.63) is 22.7 Å². The second kappa shape index (κ2) is 2.33. The van der Waals surface area contributed by atoms with Crippen LogP contribution in [0.4, 0.5) is 0 Å². The molecule has 0 saturated carbocycles. The quantitative estimate of drug-likeness (QED) is 0.506. The van der Waals surface area contributed by atoms with E-state index in [-0.39, 0.29) is 5.31 Å². The van der Waals surface area contributed by atoms with Gasteiger partial charge < -0.3 is 0 Å². The molecule has 9 heavy (non-hydrogen) atoms. The highest BCUT2D eigenvalue weighted by Crippen LogP contribution is 2.34. The van der Waals surface area contributed by atoms with Crippen LogP contribution >= 0.6 is 15.9 Å². The summed E-state index contributed by atoms with van der Waals surface area (Å²) in [5, 5.41) is -0.145. The van der Waals surface area contributed by atoms with Crippen LogP contribution in [0.25, 0.3) is 0 Å². The molecule has 46 valence electrons. The van der Waals surface area contributed by atoms with E-state index in [4.69, 9.17) is 7.85 Å². The number of halogens is 1. The van der Waals surface area contributed by atoms with E-state index < -0.39 is 0 Å². The molecule has 1 unspecified atom stereocenters. The first-order valence-corrected chi connectivity index (χ1v) is 3.73. The third kappa shape index (κ3) is 2.01. The Morgan fingerprint density at radius 2 is 2.44 bits per heavy atom. The first-order chi connectivity index (χ1) is 4.10. The summed E-state index contributed by atoms with van der Waals surface area (Å²) in [7, 11) is 5.81.